The fraction of sp³-hybridized carbons (Fsp3) is 0.561. The number of esters is 3. The number of halogens is 2. The Hall–Kier alpha value is -7.12. The average Bonchev–Trinajstić information content (AvgIpc) is 0.779. The summed E-state index contributed by atoms with van der Waals surface area (Å²) in [5.74, 6) is -0.758. The molecular formula is C82H111Br2O21+. The topological polar surface area (TPSA) is 320 Å². The Bertz CT molecular complexity index is 3300. The van der Waals surface area contributed by atoms with Gasteiger partial charge in [0.1, 0.15) is 28.7 Å². The Morgan fingerprint density at radius 2 is 0.733 bits per heavy atom. The molecule has 105 heavy (non-hydrogen) atoms. The van der Waals surface area contributed by atoms with Gasteiger partial charge in [-0.15, -0.1) is 0 Å². The number of hydrogen-bond acceptors (Lipinski definition) is 17. The Morgan fingerprint density at radius 1 is 0.400 bits per heavy atom. The van der Waals surface area contributed by atoms with Crippen LogP contribution in [0.5, 0.6) is 28.7 Å². The first-order chi connectivity index (χ1) is 50.3. The molecule has 5 aromatic rings. The van der Waals surface area contributed by atoms with Crippen molar-refractivity contribution in [2.24, 2.45) is 0 Å². The molecule has 8 N–H and O–H groups in total. The van der Waals surface area contributed by atoms with E-state index in [-0.39, 0.29) is 72.9 Å². The zero-order chi connectivity index (χ0) is 74.4. The van der Waals surface area contributed by atoms with Crippen LogP contribution in [-0.4, -0.2) is 124 Å². The number of alkyl halides is 2. The van der Waals surface area contributed by atoms with Gasteiger partial charge < -0.3 is 73.6 Å². The van der Waals surface area contributed by atoms with Crippen LogP contribution in [0.25, 0.3) is 0 Å². The van der Waals surface area contributed by atoms with Crippen molar-refractivity contribution in [1.82, 2.24) is 0 Å². The number of carbonyl (C=O) groups is 6. The zero-order valence-corrected chi connectivity index (χ0v) is 64.1. The van der Waals surface area contributed by atoms with Gasteiger partial charge in [-0.25, -0.2) is 0 Å². The summed E-state index contributed by atoms with van der Waals surface area (Å²) in [5.41, 5.74) is 2.19. The molecule has 4 heterocycles. The van der Waals surface area contributed by atoms with Crippen LogP contribution in [0.4, 0.5) is 0 Å². The van der Waals surface area contributed by atoms with E-state index >= 15 is 0 Å². The van der Waals surface area contributed by atoms with Crippen LogP contribution in [0.15, 0.2) is 121 Å². The lowest BCUT2D eigenvalue weighted by Crippen LogP contribution is -2.42. The number of hydrogen-bond donors (Lipinski definition) is 5. The summed E-state index contributed by atoms with van der Waals surface area (Å²) < 4.78 is 50.1. The second-order valence-corrected chi connectivity index (χ2v) is 29.1. The second-order valence-electron chi connectivity index (χ2n) is 27.5. The van der Waals surface area contributed by atoms with E-state index in [0.717, 1.165) is 199 Å². The summed E-state index contributed by atoms with van der Waals surface area (Å²) >= 11 is 6.73. The number of phenolic OH excluding ortho intramolecular Hbond substituents is 2. The normalized spacial score (nSPS) is 20.6. The third-order valence-electron chi connectivity index (χ3n) is 19.7. The molecule has 0 radical (unpaired) electrons. The molecule has 0 bridgehead atoms. The lowest BCUT2D eigenvalue weighted by Gasteiger charge is -2.37. The first kappa shape index (κ1) is 86.8. The van der Waals surface area contributed by atoms with Crippen molar-refractivity contribution in [3.8, 4) is 28.7 Å². The fourth-order valence-corrected chi connectivity index (χ4v) is 14.7. The van der Waals surface area contributed by atoms with Gasteiger partial charge >= 0.3 is 35.8 Å². The van der Waals surface area contributed by atoms with Crippen LogP contribution in [0, 0.1) is 0 Å². The molecule has 7 fully saturated rings. The molecule has 3 saturated carbocycles. The van der Waals surface area contributed by atoms with Crippen LogP contribution in [0.3, 0.4) is 0 Å². The molecule has 4 saturated heterocycles. The van der Waals surface area contributed by atoms with E-state index < -0.39 is 34.2 Å². The van der Waals surface area contributed by atoms with Gasteiger partial charge in [-0.2, -0.15) is 0 Å². The summed E-state index contributed by atoms with van der Waals surface area (Å²) in [5, 5.41) is 47.8. The molecule has 7 aliphatic rings. The van der Waals surface area contributed by atoms with Crippen molar-refractivity contribution >= 4 is 67.7 Å². The maximum absolute atomic E-state index is 13.2. The van der Waals surface area contributed by atoms with Gasteiger partial charge in [0, 0.05) is 43.3 Å². The Labute approximate surface area is 635 Å². The van der Waals surface area contributed by atoms with Gasteiger partial charge in [-0.05, 0) is 191 Å². The quantitative estimate of drug-likeness (QED) is 0.0150. The SMILES string of the molecule is BrCCCCCBr.CC(=O)Oc1ccc(C2(C(=O)O)CCCCC2)cc1.O=C(Cc1ccc(OC2CCCCO2)cc1)OC1CCCCO1.O=C(O)C1(c2ccc(O)cc2)CCCCC1.O=C(O)Cc1ccc(O)cc1.O=C(OC1CCCCO1)C1(c2ccc(OC3CCCCO3)cc2)CCCCC1.[OH3+]. The van der Waals surface area contributed by atoms with E-state index in [1.807, 2.05) is 48.5 Å². The summed E-state index contributed by atoms with van der Waals surface area (Å²) in [4.78, 5) is 69.4. The smallest absolute Gasteiger partial charge is 0.318 e. The highest BCUT2D eigenvalue weighted by atomic mass is 79.9. The molecule has 21 nitrogen and oxygen atoms in total. The second kappa shape index (κ2) is 46.8. The number of carbonyl (C=O) groups excluding carboxylic acids is 3. The lowest BCUT2D eigenvalue weighted by molar-refractivity contribution is -0.194. The van der Waals surface area contributed by atoms with Gasteiger partial charge in [-0.1, -0.05) is 157 Å². The summed E-state index contributed by atoms with van der Waals surface area (Å²) in [6.45, 7) is 4.22. The van der Waals surface area contributed by atoms with Crippen molar-refractivity contribution in [2.45, 2.75) is 254 Å². The summed E-state index contributed by atoms with van der Waals surface area (Å²) in [6.07, 6.45) is 29.0. The van der Waals surface area contributed by atoms with Gasteiger partial charge in [0.05, 0.1) is 55.5 Å². The minimum atomic E-state index is -0.865. The number of benzene rings is 5. The predicted molar refractivity (Wildman–Crippen MR) is 406 cm³/mol. The number of ether oxygens (including phenoxy) is 9. The molecular weight excluding hydrogens is 1480 g/mol. The summed E-state index contributed by atoms with van der Waals surface area (Å²) in [6, 6.07) is 35.1. The minimum Gasteiger partial charge on any atom is -0.508 e. The largest absolute Gasteiger partial charge is 0.508 e. The molecule has 4 atom stereocenters. The summed E-state index contributed by atoms with van der Waals surface area (Å²) in [7, 11) is 0. The number of phenols is 2. The third-order valence-corrected chi connectivity index (χ3v) is 20.9. The minimum absolute atomic E-state index is 0. The van der Waals surface area contributed by atoms with Crippen LogP contribution in [0.2, 0.25) is 0 Å². The van der Waals surface area contributed by atoms with E-state index in [0.29, 0.717) is 50.2 Å². The lowest BCUT2D eigenvalue weighted by atomic mass is 9.69. The van der Waals surface area contributed by atoms with Crippen molar-refractivity contribution < 1.29 is 102 Å². The van der Waals surface area contributed by atoms with Gasteiger partial charge in [-0.3, -0.25) is 28.8 Å². The molecule has 0 amide bonds. The maximum atomic E-state index is 13.2. The van der Waals surface area contributed by atoms with Crippen LogP contribution in [-0.2, 0) is 91.8 Å². The molecule has 5 aromatic carbocycles. The highest BCUT2D eigenvalue weighted by Gasteiger charge is 2.45. The van der Waals surface area contributed by atoms with Crippen LogP contribution >= 0.6 is 31.9 Å². The Balaban J connectivity index is 0.000000206. The van der Waals surface area contributed by atoms with E-state index in [1.165, 1.54) is 44.7 Å². The third kappa shape index (κ3) is 29.2. The highest BCUT2D eigenvalue weighted by molar-refractivity contribution is 9.09. The number of unbranched alkanes of at least 4 members (excludes halogenated alkanes) is 2. The van der Waals surface area contributed by atoms with E-state index in [9.17, 15) is 44.1 Å². The first-order valence-electron chi connectivity index (χ1n) is 37.4. The monoisotopic (exact) mass is 1590 g/mol. The molecule has 4 aliphatic heterocycles. The number of aliphatic carboxylic acids is 3. The molecule has 4 unspecified atom stereocenters. The molecule has 0 aromatic heterocycles. The van der Waals surface area contributed by atoms with Gasteiger partial charge in [0.25, 0.3) is 0 Å². The molecule has 12 rings (SSSR count). The standard InChI is InChI=1S/C23H32O5.C18H24O5.C15H18O4.C13H16O3.C8H8O3.C5H10Br2.H2O/c24-22(28-21-9-3-7-17-26-21)23(14-4-1-5-15-23)18-10-12-19(13-11-18)27-20-8-2-6-16-25-20;19-16(23-18-6-2-4-12-21-18)13-14-7-9-15(10-8-14)22-17-5-1-3-11-20-17;1-11(16)19-13-7-5-12(6-8-13)15(14(17)18)9-3-2-4-10-15;14-11-6-4-10(5-7-11)13(12(15)16)8-2-1-3-9-13;9-7-3-1-6(2-4-7)5-8(10)11;6-4-2-1-3-5-7;/h10-13,20-21H,1-9,14-17H2;7-10,17-18H,1-6,11-13H2;5-8H,2-4,9-10H2,1H3,(H,17,18);4-7,14H,1-3,8-9H2,(H,15,16);1-4,9H,5H2,(H,10,11);1-5H2;1H2/p+1. The van der Waals surface area contributed by atoms with Crippen molar-refractivity contribution in [3.05, 3.63) is 149 Å². The van der Waals surface area contributed by atoms with Crippen molar-refractivity contribution in [3.63, 3.8) is 0 Å². The Morgan fingerprint density at radius 3 is 1.10 bits per heavy atom. The van der Waals surface area contributed by atoms with E-state index in [1.54, 1.807) is 60.7 Å². The molecule has 23 heteroatoms. The van der Waals surface area contributed by atoms with Crippen LogP contribution < -0.4 is 14.2 Å². The number of carboxylic acids is 3. The first-order valence-corrected chi connectivity index (χ1v) is 39.7. The number of rotatable bonds is 21. The zero-order valence-electron chi connectivity index (χ0n) is 60.9. The van der Waals surface area contributed by atoms with E-state index in [4.69, 9.17) is 52.8 Å². The van der Waals surface area contributed by atoms with Gasteiger partial charge in [0.2, 0.25) is 12.6 Å². The molecule has 3 aliphatic carbocycles. The number of aromatic hydroxyl groups is 2. The molecule has 578 valence electrons. The Kier molecular flexibility index (Phi) is 38.7. The van der Waals surface area contributed by atoms with Crippen molar-refractivity contribution in [1.29, 1.82) is 0 Å². The van der Waals surface area contributed by atoms with Crippen molar-refractivity contribution in [2.75, 3.05) is 37.1 Å². The predicted octanol–water partition coefficient (Wildman–Crippen LogP) is 16.7. The highest BCUT2D eigenvalue weighted by Crippen LogP contribution is 2.44. The van der Waals surface area contributed by atoms with Gasteiger partial charge in [0.15, 0.2) is 12.6 Å². The number of carboxylic acid groups (broad SMARTS) is 3. The maximum Gasteiger partial charge on any atom is 0.318 e. The molecule has 0 spiro atoms. The average molecular weight is 1590 g/mol. The fourth-order valence-electron chi connectivity index (χ4n) is 13.9. The van der Waals surface area contributed by atoms with Crippen LogP contribution in [0.1, 0.15) is 227 Å². The van der Waals surface area contributed by atoms with E-state index in [2.05, 4.69) is 31.9 Å².